The number of amides is 4. The quantitative estimate of drug-likeness (QED) is 0.0172. The van der Waals surface area contributed by atoms with Crippen molar-refractivity contribution in [2.24, 2.45) is 58.0 Å². The second-order valence-corrected chi connectivity index (χ2v) is 23.3. The number of primary amides is 1. The number of nitro benzene ring substituents is 1. The maximum atomic E-state index is 14.4. The summed E-state index contributed by atoms with van der Waals surface area (Å²) in [5.74, 6) is 0.443. The number of nitrogens with one attached hydrogen (secondary N) is 2. The number of allylic oxidation sites excluding steroid dienone is 1. The van der Waals surface area contributed by atoms with Crippen molar-refractivity contribution < 1.29 is 53.0 Å². The van der Waals surface area contributed by atoms with E-state index in [0.29, 0.717) is 30.6 Å². The monoisotopic (exact) mass is 1040 g/mol. The third-order valence-corrected chi connectivity index (χ3v) is 17.2. The average molecular weight is 1040 g/mol. The van der Waals surface area contributed by atoms with Crippen molar-refractivity contribution in [3.8, 4) is 5.75 Å². The lowest BCUT2D eigenvalue weighted by Gasteiger charge is -2.58. The van der Waals surface area contributed by atoms with Crippen molar-refractivity contribution in [3.63, 3.8) is 0 Å². The Balaban J connectivity index is 0.954. The molecule has 4 aliphatic rings. The number of hydrogen-bond donors (Lipinski definition) is 4. The maximum Gasteiger partial charge on any atom is 0.514 e. The van der Waals surface area contributed by atoms with E-state index in [-0.39, 0.29) is 66.3 Å². The predicted octanol–water partition coefficient (Wildman–Crippen LogP) is 10.2. The molecular weight excluding hydrogens is 959 g/mol. The Morgan fingerprint density at radius 1 is 0.867 bits per heavy atom. The van der Waals surface area contributed by atoms with Crippen LogP contribution in [0.25, 0.3) is 0 Å². The molecule has 0 spiro atoms. The molecule has 0 aliphatic heterocycles. The highest BCUT2D eigenvalue weighted by molar-refractivity contribution is 6.04. The molecule has 0 bridgehead atoms. The summed E-state index contributed by atoms with van der Waals surface area (Å²) in [7, 11) is 0. The highest BCUT2D eigenvalue weighted by Crippen LogP contribution is 2.67. The highest BCUT2D eigenvalue weighted by atomic mass is 16.7. The summed E-state index contributed by atoms with van der Waals surface area (Å²) in [4.78, 5) is 88.9. The summed E-state index contributed by atoms with van der Waals surface area (Å²) in [5, 5.41) is 26.7. The van der Waals surface area contributed by atoms with Crippen molar-refractivity contribution >= 4 is 47.1 Å². The van der Waals surface area contributed by atoms with Gasteiger partial charge in [0.25, 0.3) is 5.69 Å². The van der Waals surface area contributed by atoms with Gasteiger partial charge >= 0.3 is 12.1 Å². The van der Waals surface area contributed by atoms with E-state index < -0.39 is 53.3 Å². The lowest BCUT2D eigenvalue weighted by atomic mass is 9.47. The first-order valence-electron chi connectivity index (χ1n) is 27.5. The standard InChI is InChI=1S/C58H83N5O12/c1-36(2)10-8-11-38(5)46-22-23-47-45-21-14-40-33-44(26-28-57(40,6)48(45)27-29-58(46,47)7)73-31-9-30-60-52(65)24-25-53(66)61-49(32-37(3)4)54(67)62(50(55(68)69)34-51(59)64)41-15-12-39(13-16-41)35-74-56(70)75-43-19-17-42(18-20-43)63(71)72/h12-20,36-38,44-50H,8-11,21-35H2,1-7H3,(H2,59,64)(H,60,65)(H,61,66)(H,68,69)/t38-,44?,45+,46-,47+,48+,49+,50+,57+,58-/m1/s1. The Kier molecular flexibility index (Phi) is 20.5. The predicted molar refractivity (Wildman–Crippen MR) is 284 cm³/mol. The van der Waals surface area contributed by atoms with Crippen LogP contribution in [0.3, 0.4) is 0 Å². The van der Waals surface area contributed by atoms with Gasteiger partial charge in [0.1, 0.15) is 24.4 Å². The van der Waals surface area contributed by atoms with Crippen LogP contribution in [0, 0.1) is 62.4 Å². The van der Waals surface area contributed by atoms with E-state index in [4.69, 9.17) is 19.9 Å². The highest BCUT2D eigenvalue weighted by Gasteiger charge is 2.59. The number of hydrogen-bond acceptors (Lipinski definition) is 11. The van der Waals surface area contributed by atoms with Gasteiger partial charge in [-0.1, -0.05) is 91.5 Å². The summed E-state index contributed by atoms with van der Waals surface area (Å²) >= 11 is 0. The number of nitrogens with zero attached hydrogens (tertiary/aromatic N) is 2. The average Bonchev–Trinajstić information content (AvgIpc) is 3.72. The molecular formula is C58H83N5O12. The molecule has 75 heavy (non-hydrogen) atoms. The van der Waals surface area contributed by atoms with E-state index >= 15 is 0 Å². The Hall–Kier alpha value is -5.84. The number of aliphatic carboxylic acids is 1. The molecule has 1 unspecified atom stereocenters. The Morgan fingerprint density at radius 2 is 1.57 bits per heavy atom. The minimum Gasteiger partial charge on any atom is -0.480 e. The number of rotatable bonds is 26. The van der Waals surface area contributed by atoms with Crippen LogP contribution in [-0.4, -0.2) is 77.1 Å². The van der Waals surface area contributed by atoms with Crippen molar-refractivity contribution in [1.29, 1.82) is 0 Å². The Bertz CT molecular complexity index is 2350. The fourth-order valence-corrected chi connectivity index (χ4v) is 13.4. The molecule has 0 saturated heterocycles. The number of nitrogens with two attached hydrogens (primary N) is 1. The zero-order valence-electron chi connectivity index (χ0n) is 45.3. The summed E-state index contributed by atoms with van der Waals surface area (Å²) in [6.45, 7) is 16.7. The van der Waals surface area contributed by atoms with Gasteiger partial charge in [0.15, 0.2) is 0 Å². The topological polar surface area (TPSA) is 247 Å². The van der Waals surface area contributed by atoms with Crippen molar-refractivity contribution in [2.75, 3.05) is 18.1 Å². The van der Waals surface area contributed by atoms with E-state index in [2.05, 4.69) is 51.3 Å². The first kappa shape index (κ1) is 58.4. The second kappa shape index (κ2) is 26.3. The zero-order valence-corrected chi connectivity index (χ0v) is 45.3. The van der Waals surface area contributed by atoms with Crippen LogP contribution in [0.5, 0.6) is 5.75 Å². The molecule has 6 rings (SSSR count). The van der Waals surface area contributed by atoms with Gasteiger partial charge in [0.2, 0.25) is 23.6 Å². The van der Waals surface area contributed by atoms with Gasteiger partial charge in [0.05, 0.1) is 17.4 Å². The SMILES string of the molecule is CC(C)CCC[C@@H](C)[C@H]1CC[C@H]2[C@@H]3CC=C4CC(OCCCNC(=O)CCC(=O)N[C@@H](CC(C)C)C(=O)N(c5ccc(COC(=O)Oc6ccc([N+](=O)[O-])cc6)cc5)[C@@H](CC(N)=O)C(=O)O)CC[C@]4(C)[C@H]3CC[C@]12C. The van der Waals surface area contributed by atoms with Crippen LogP contribution in [0.15, 0.2) is 60.2 Å². The third kappa shape index (κ3) is 15.2. The molecule has 2 aromatic carbocycles. The van der Waals surface area contributed by atoms with E-state index in [1.165, 1.54) is 99.9 Å². The molecule has 0 heterocycles. The fourth-order valence-electron chi connectivity index (χ4n) is 13.4. The molecule has 17 nitrogen and oxygen atoms in total. The number of carboxylic acids is 1. The number of carbonyl (C=O) groups is 6. The number of ether oxygens (including phenoxy) is 3. The number of carbonyl (C=O) groups excluding carboxylic acids is 5. The molecule has 5 N–H and O–H groups in total. The summed E-state index contributed by atoms with van der Waals surface area (Å²) in [5.41, 5.74) is 8.03. The van der Waals surface area contributed by atoms with Gasteiger partial charge in [-0.3, -0.25) is 34.2 Å². The van der Waals surface area contributed by atoms with Crippen molar-refractivity contribution in [1.82, 2.24) is 10.6 Å². The maximum absolute atomic E-state index is 14.4. The lowest BCUT2D eigenvalue weighted by Crippen LogP contribution is -2.55. The first-order chi connectivity index (χ1) is 35.6. The number of nitro groups is 1. The van der Waals surface area contributed by atoms with E-state index in [1.807, 2.05) is 13.8 Å². The molecule has 17 heteroatoms. The largest absolute Gasteiger partial charge is 0.514 e. The molecule has 0 aromatic heterocycles. The van der Waals surface area contributed by atoms with Gasteiger partial charge in [0, 0.05) is 43.8 Å². The third-order valence-electron chi connectivity index (χ3n) is 17.2. The smallest absolute Gasteiger partial charge is 0.480 e. The Morgan fingerprint density at radius 3 is 2.23 bits per heavy atom. The lowest BCUT2D eigenvalue weighted by molar-refractivity contribution is -0.384. The molecule has 2 aromatic rings. The van der Waals surface area contributed by atoms with Crippen LogP contribution >= 0.6 is 0 Å². The minimum atomic E-state index is -1.74. The van der Waals surface area contributed by atoms with Gasteiger partial charge in [-0.25, -0.2) is 9.59 Å². The van der Waals surface area contributed by atoms with E-state index in [0.717, 1.165) is 59.7 Å². The summed E-state index contributed by atoms with van der Waals surface area (Å²) < 4.78 is 16.6. The van der Waals surface area contributed by atoms with Crippen LogP contribution in [0.4, 0.5) is 16.2 Å². The molecule has 412 valence electrons. The normalized spacial score (nSPS) is 25.1. The molecule has 4 aliphatic carbocycles. The number of benzene rings is 2. The number of anilines is 1. The molecule has 4 amide bonds. The second-order valence-electron chi connectivity index (χ2n) is 23.3. The van der Waals surface area contributed by atoms with Gasteiger partial charge in [-0.2, -0.15) is 0 Å². The minimum absolute atomic E-state index is 0.0173. The number of fused-ring (bicyclic) bond motifs is 5. The Labute approximate surface area is 443 Å². The van der Waals surface area contributed by atoms with Crippen LogP contribution in [0.1, 0.15) is 157 Å². The van der Waals surface area contributed by atoms with Crippen molar-refractivity contribution in [3.05, 3.63) is 75.9 Å². The molecule has 10 atom stereocenters. The molecule has 3 fully saturated rings. The van der Waals surface area contributed by atoms with Crippen molar-refractivity contribution in [2.45, 2.75) is 176 Å². The number of non-ortho nitro benzene ring substituents is 1. The zero-order chi connectivity index (χ0) is 54.6. The van der Waals surface area contributed by atoms with Gasteiger partial charge in [-0.05, 0) is 146 Å². The van der Waals surface area contributed by atoms with Crippen LogP contribution in [-0.2, 0) is 40.1 Å². The van der Waals surface area contributed by atoms with E-state index in [9.17, 15) is 44.0 Å². The van der Waals surface area contributed by atoms with Gasteiger partial charge < -0.3 is 35.7 Å². The summed E-state index contributed by atoms with van der Waals surface area (Å²) in [6, 6.07) is 7.57. The molecule has 0 radical (unpaired) electrons. The summed E-state index contributed by atoms with van der Waals surface area (Å²) in [6.07, 6.45) is 15.2. The van der Waals surface area contributed by atoms with Gasteiger partial charge in [-0.15, -0.1) is 0 Å². The fraction of sp³-hybridized carbons (Fsp3) is 0.655. The number of carboxylic acid groups (broad SMARTS) is 1. The van der Waals surface area contributed by atoms with Crippen LogP contribution < -0.4 is 26.0 Å². The molecule has 3 saturated carbocycles. The van der Waals surface area contributed by atoms with Crippen LogP contribution in [0.2, 0.25) is 0 Å². The van der Waals surface area contributed by atoms with E-state index in [1.54, 1.807) is 5.57 Å². The first-order valence-corrected chi connectivity index (χ1v) is 27.5.